The molecule has 0 saturated carbocycles. The smallest absolute Gasteiger partial charge is 0.254 e. The summed E-state index contributed by atoms with van der Waals surface area (Å²) < 4.78 is 13.5. The van der Waals surface area contributed by atoms with E-state index in [9.17, 15) is 14.0 Å². The van der Waals surface area contributed by atoms with E-state index in [2.05, 4.69) is 0 Å². The predicted octanol–water partition coefficient (Wildman–Crippen LogP) is 1.83. The number of benzene rings is 1. The molecule has 0 N–H and O–H groups in total. The van der Waals surface area contributed by atoms with Crippen molar-refractivity contribution in [1.29, 1.82) is 0 Å². The molecule has 4 nitrogen and oxygen atoms in total. The Kier molecular flexibility index (Phi) is 4.37. The average molecular weight is 278 g/mol. The number of rotatable bonds is 1. The van der Waals surface area contributed by atoms with Crippen molar-refractivity contribution in [2.75, 3.05) is 26.2 Å². The normalized spacial score (nSPS) is 15.9. The van der Waals surface area contributed by atoms with Crippen LogP contribution in [0.5, 0.6) is 0 Å². The third-order valence-electron chi connectivity index (χ3n) is 3.65. The van der Waals surface area contributed by atoms with Crippen LogP contribution in [0.4, 0.5) is 4.39 Å². The number of hydrogen-bond acceptors (Lipinski definition) is 2. The standard InChI is InChI=1S/C15H19FN2O2/c1-11-4-5-13(10-14(11)16)15(20)18-7-3-6-17(8-9-18)12(2)19/h4-5,10H,3,6-9H2,1-2H3. The first kappa shape index (κ1) is 14.5. The minimum Gasteiger partial charge on any atom is -0.341 e. The van der Waals surface area contributed by atoms with Gasteiger partial charge in [0, 0.05) is 38.7 Å². The number of carbonyl (C=O) groups is 2. The van der Waals surface area contributed by atoms with E-state index in [1.165, 1.54) is 13.0 Å². The van der Waals surface area contributed by atoms with Gasteiger partial charge in [-0.3, -0.25) is 9.59 Å². The number of halogens is 1. The Morgan fingerprint density at radius 3 is 2.40 bits per heavy atom. The molecule has 5 heteroatoms. The van der Waals surface area contributed by atoms with Gasteiger partial charge in [-0.05, 0) is 31.0 Å². The second-order valence-electron chi connectivity index (χ2n) is 5.12. The van der Waals surface area contributed by atoms with E-state index in [4.69, 9.17) is 0 Å². The molecule has 1 aromatic carbocycles. The minimum absolute atomic E-state index is 0.0284. The molecule has 0 atom stereocenters. The van der Waals surface area contributed by atoms with Crippen LogP contribution in [0.2, 0.25) is 0 Å². The molecule has 1 saturated heterocycles. The van der Waals surface area contributed by atoms with E-state index < -0.39 is 0 Å². The van der Waals surface area contributed by atoms with Gasteiger partial charge < -0.3 is 9.80 Å². The summed E-state index contributed by atoms with van der Waals surface area (Å²) in [6.07, 6.45) is 0.750. The van der Waals surface area contributed by atoms with Crippen molar-refractivity contribution < 1.29 is 14.0 Å². The molecular formula is C15H19FN2O2. The van der Waals surface area contributed by atoms with Crippen molar-refractivity contribution in [2.45, 2.75) is 20.3 Å². The highest BCUT2D eigenvalue weighted by molar-refractivity contribution is 5.94. The molecule has 2 rings (SSSR count). The molecule has 0 radical (unpaired) electrons. The molecule has 2 amide bonds. The van der Waals surface area contributed by atoms with Gasteiger partial charge in [-0.25, -0.2) is 4.39 Å². The van der Waals surface area contributed by atoms with Crippen LogP contribution in [-0.4, -0.2) is 47.8 Å². The zero-order valence-corrected chi connectivity index (χ0v) is 11.9. The van der Waals surface area contributed by atoms with Crippen LogP contribution in [-0.2, 0) is 4.79 Å². The first-order chi connectivity index (χ1) is 9.49. The Hall–Kier alpha value is -1.91. The summed E-state index contributed by atoms with van der Waals surface area (Å²) in [4.78, 5) is 27.1. The monoisotopic (exact) mass is 278 g/mol. The van der Waals surface area contributed by atoms with Crippen LogP contribution < -0.4 is 0 Å². The molecule has 0 aromatic heterocycles. The zero-order chi connectivity index (χ0) is 14.7. The Morgan fingerprint density at radius 1 is 1.10 bits per heavy atom. The lowest BCUT2D eigenvalue weighted by Crippen LogP contribution is -2.36. The topological polar surface area (TPSA) is 40.6 Å². The molecule has 0 aliphatic carbocycles. The van der Waals surface area contributed by atoms with Crippen LogP contribution in [0.25, 0.3) is 0 Å². The number of aryl methyl sites for hydroxylation is 1. The van der Waals surface area contributed by atoms with Gasteiger partial charge in [0.05, 0.1) is 0 Å². The number of amides is 2. The van der Waals surface area contributed by atoms with Gasteiger partial charge in [0.15, 0.2) is 0 Å². The summed E-state index contributed by atoms with van der Waals surface area (Å²) in [5.41, 5.74) is 0.893. The second-order valence-corrected chi connectivity index (χ2v) is 5.12. The van der Waals surface area contributed by atoms with Crippen LogP contribution >= 0.6 is 0 Å². The summed E-state index contributed by atoms with van der Waals surface area (Å²) in [6, 6.07) is 4.54. The van der Waals surface area contributed by atoms with E-state index in [-0.39, 0.29) is 17.6 Å². The Bertz CT molecular complexity index is 531. The summed E-state index contributed by atoms with van der Waals surface area (Å²) in [6.45, 7) is 5.50. The van der Waals surface area contributed by atoms with Gasteiger partial charge in [-0.2, -0.15) is 0 Å². The van der Waals surface area contributed by atoms with E-state index in [0.29, 0.717) is 37.3 Å². The van der Waals surface area contributed by atoms with Crippen molar-refractivity contribution in [3.63, 3.8) is 0 Å². The lowest BCUT2D eigenvalue weighted by Gasteiger charge is -2.21. The summed E-state index contributed by atoms with van der Waals surface area (Å²) >= 11 is 0. The summed E-state index contributed by atoms with van der Waals surface area (Å²) in [5, 5.41) is 0. The lowest BCUT2D eigenvalue weighted by molar-refractivity contribution is -0.128. The molecule has 1 aromatic rings. The van der Waals surface area contributed by atoms with Crippen molar-refractivity contribution >= 4 is 11.8 Å². The quantitative estimate of drug-likeness (QED) is 0.786. The highest BCUT2D eigenvalue weighted by Gasteiger charge is 2.21. The van der Waals surface area contributed by atoms with Gasteiger partial charge in [0.25, 0.3) is 5.91 Å². The van der Waals surface area contributed by atoms with Crippen LogP contribution in [0.1, 0.15) is 29.3 Å². The third kappa shape index (κ3) is 3.15. The van der Waals surface area contributed by atoms with Gasteiger partial charge >= 0.3 is 0 Å². The van der Waals surface area contributed by atoms with E-state index in [0.717, 1.165) is 6.42 Å². The lowest BCUT2D eigenvalue weighted by atomic mass is 10.1. The third-order valence-corrected chi connectivity index (χ3v) is 3.65. The average Bonchev–Trinajstić information content (AvgIpc) is 2.67. The number of nitrogens with zero attached hydrogens (tertiary/aromatic N) is 2. The summed E-state index contributed by atoms with van der Waals surface area (Å²) in [5.74, 6) is -0.508. The highest BCUT2D eigenvalue weighted by Crippen LogP contribution is 2.13. The maximum Gasteiger partial charge on any atom is 0.254 e. The molecule has 1 fully saturated rings. The molecular weight excluding hydrogens is 259 g/mol. The van der Waals surface area contributed by atoms with E-state index in [1.807, 2.05) is 0 Å². The molecule has 1 aliphatic rings. The maximum absolute atomic E-state index is 13.5. The fraction of sp³-hybridized carbons (Fsp3) is 0.467. The fourth-order valence-electron chi connectivity index (χ4n) is 2.34. The van der Waals surface area contributed by atoms with Gasteiger partial charge in [-0.15, -0.1) is 0 Å². The highest BCUT2D eigenvalue weighted by atomic mass is 19.1. The molecule has 1 aliphatic heterocycles. The molecule has 20 heavy (non-hydrogen) atoms. The van der Waals surface area contributed by atoms with E-state index in [1.54, 1.807) is 28.9 Å². The van der Waals surface area contributed by atoms with Gasteiger partial charge in [-0.1, -0.05) is 6.07 Å². The zero-order valence-electron chi connectivity index (χ0n) is 11.9. The SMILES string of the molecule is CC(=O)N1CCCN(C(=O)c2ccc(C)c(F)c2)CC1. The maximum atomic E-state index is 13.5. The number of carbonyl (C=O) groups excluding carboxylic acids is 2. The van der Waals surface area contributed by atoms with Crippen LogP contribution in [0.3, 0.4) is 0 Å². The van der Waals surface area contributed by atoms with Gasteiger partial charge in [0.1, 0.15) is 5.82 Å². The van der Waals surface area contributed by atoms with Gasteiger partial charge in [0.2, 0.25) is 5.91 Å². The minimum atomic E-state index is -0.365. The second kappa shape index (κ2) is 6.03. The molecule has 1 heterocycles. The Morgan fingerprint density at radius 2 is 1.75 bits per heavy atom. The summed E-state index contributed by atoms with van der Waals surface area (Å²) in [7, 11) is 0. The van der Waals surface area contributed by atoms with Crippen LogP contribution in [0, 0.1) is 12.7 Å². The first-order valence-corrected chi connectivity index (χ1v) is 6.80. The van der Waals surface area contributed by atoms with Crippen LogP contribution in [0.15, 0.2) is 18.2 Å². The Labute approximate surface area is 118 Å². The number of hydrogen-bond donors (Lipinski definition) is 0. The Balaban J connectivity index is 2.09. The predicted molar refractivity (Wildman–Crippen MR) is 73.9 cm³/mol. The molecule has 0 unspecified atom stereocenters. The first-order valence-electron chi connectivity index (χ1n) is 6.80. The van der Waals surface area contributed by atoms with Crippen molar-refractivity contribution in [1.82, 2.24) is 9.80 Å². The molecule has 0 spiro atoms. The van der Waals surface area contributed by atoms with Crippen molar-refractivity contribution in [2.24, 2.45) is 0 Å². The van der Waals surface area contributed by atoms with Crippen molar-refractivity contribution in [3.05, 3.63) is 35.1 Å². The molecule has 108 valence electrons. The van der Waals surface area contributed by atoms with Crippen molar-refractivity contribution in [3.8, 4) is 0 Å². The molecule has 0 bridgehead atoms. The van der Waals surface area contributed by atoms with E-state index >= 15 is 0 Å². The fourth-order valence-corrected chi connectivity index (χ4v) is 2.34. The largest absolute Gasteiger partial charge is 0.341 e.